The second-order valence-electron chi connectivity index (χ2n) is 10.6. The molecule has 0 spiro atoms. The van der Waals surface area contributed by atoms with E-state index in [0.717, 1.165) is 19.3 Å². The highest BCUT2D eigenvalue weighted by atomic mass is 16.8. The summed E-state index contributed by atoms with van der Waals surface area (Å²) in [6.07, 6.45) is -0.0547. The summed E-state index contributed by atoms with van der Waals surface area (Å²) < 4.78 is 13.8. The van der Waals surface area contributed by atoms with Crippen LogP contribution in [0.1, 0.15) is 81.6 Å². The highest BCUT2D eigenvalue weighted by Crippen LogP contribution is 2.42. The first-order valence-corrected chi connectivity index (χ1v) is 10.1. The molecule has 0 aromatic carbocycles. The lowest BCUT2D eigenvalue weighted by molar-refractivity contribution is -0.0294. The summed E-state index contributed by atoms with van der Waals surface area (Å²) in [7, 11) is 0. The van der Waals surface area contributed by atoms with Gasteiger partial charge in [-0.1, -0.05) is 6.42 Å². The summed E-state index contributed by atoms with van der Waals surface area (Å²) in [6, 6.07) is 0. The molecule has 1 rings (SSSR count). The molecule has 30 heavy (non-hydrogen) atoms. The van der Waals surface area contributed by atoms with Gasteiger partial charge in [-0.05, 0) is 75.2 Å². The number of amides is 1. The SMILES string of the molecule is CC(C)(C)N(CC1(CO)CCC1)C(=O)O.CC(C)(C)OC(=O)OC(=O)OC(C)(C)C. The first-order chi connectivity index (χ1) is 13.3. The maximum atomic E-state index is 11.1. The maximum absolute atomic E-state index is 11.1. The Balaban J connectivity index is 0.000000561. The van der Waals surface area contributed by atoms with E-state index >= 15 is 0 Å². The Hall–Kier alpha value is -2.03. The standard InChI is InChI=1S/C11H21NO3.C10H18O5/c1-10(2,3)12(9(14)15)7-11(8-13)5-4-6-11;1-9(2,3)14-7(11)13-8(12)15-10(4,5)6/h13H,4-8H2,1-3H3,(H,14,15);1-6H3. The fraction of sp³-hybridized carbons (Fsp3) is 0.857. The van der Waals surface area contributed by atoms with Gasteiger partial charge < -0.3 is 29.3 Å². The molecule has 0 aromatic rings. The molecule has 0 aliphatic heterocycles. The van der Waals surface area contributed by atoms with Gasteiger partial charge in [0.25, 0.3) is 0 Å². The van der Waals surface area contributed by atoms with Crippen molar-refractivity contribution >= 4 is 18.4 Å². The molecule has 9 nitrogen and oxygen atoms in total. The van der Waals surface area contributed by atoms with Crippen molar-refractivity contribution in [3.05, 3.63) is 0 Å². The second-order valence-corrected chi connectivity index (χ2v) is 10.6. The monoisotopic (exact) mass is 433 g/mol. The predicted molar refractivity (Wildman–Crippen MR) is 111 cm³/mol. The number of hydrogen-bond donors (Lipinski definition) is 2. The van der Waals surface area contributed by atoms with Crippen LogP contribution in [0.2, 0.25) is 0 Å². The van der Waals surface area contributed by atoms with Gasteiger partial charge >= 0.3 is 18.4 Å². The molecular weight excluding hydrogens is 394 g/mol. The fourth-order valence-corrected chi connectivity index (χ4v) is 2.58. The number of aliphatic hydroxyl groups excluding tert-OH is 1. The number of carbonyl (C=O) groups is 3. The molecule has 1 aliphatic carbocycles. The van der Waals surface area contributed by atoms with Gasteiger partial charge in [-0.2, -0.15) is 0 Å². The maximum Gasteiger partial charge on any atom is 0.519 e. The van der Waals surface area contributed by atoms with Gasteiger partial charge in [0.05, 0.1) is 6.61 Å². The first kappa shape index (κ1) is 28.0. The van der Waals surface area contributed by atoms with Crippen LogP contribution in [0.25, 0.3) is 0 Å². The van der Waals surface area contributed by atoms with Crippen LogP contribution in [-0.4, -0.2) is 63.4 Å². The normalized spacial score (nSPS) is 15.7. The largest absolute Gasteiger partial charge is 0.519 e. The molecule has 0 radical (unpaired) electrons. The molecule has 1 aliphatic rings. The third-order valence-corrected chi connectivity index (χ3v) is 4.23. The van der Waals surface area contributed by atoms with Gasteiger partial charge in [-0.25, -0.2) is 14.4 Å². The minimum absolute atomic E-state index is 0.0901. The van der Waals surface area contributed by atoms with Crippen molar-refractivity contribution in [3.8, 4) is 0 Å². The van der Waals surface area contributed by atoms with Crippen molar-refractivity contribution < 1.29 is 38.8 Å². The van der Waals surface area contributed by atoms with Gasteiger partial charge in [0.2, 0.25) is 0 Å². The third-order valence-electron chi connectivity index (χ3n) is 4.23. The van der Waals surface area contributed by atoms with E-state index in [1.54, 1.807) is 41.5 Å². The Labute approximate surface area is 179 Å². The molecule has 0 bridgehead atoms. The zero-order chi connectivity index (χ0) is 24.0. The van der Waals surface area contributed by atoms with Crippen molar-refractivity contribution in [3.63, 3.8) is 0 Å². The highest BCUT2D eigenvalue weighted by molar-refractivity contribution is 5.77. The van der Waals surface area contributed by atoms with Crippen LogP contribution in [0.4, 0.5) is 14.4 Å². The van der Waals surface area contributed by atoms with Crippen LogP contribution in [0, 0.1) is 5.41 Å². The molecule has 1 amide bonds. The minimum atomic E-state index is -1.06. The summed E-state index contributed by atoms with van der Waals surface area (Å²) in [6.45, 7) is 16.2. The van der Waals surface area contributed by atoms with Crippen LogP contribution in [0.5, 0.6) is 0 Å². The lowest BCUT2D eigenvalue weighted by atomic mass is 9.68. The second kappa shape index (κ2) is 10.3. The molecule has 1 saturated carbocycles. The van der Waals surface area contributed by atoms with Crippen molar-refractivity contribution in [2.45, 2.75) is 98.3 Å². The van der Waals surface area contributed by atoms with E-state index in [1.807, 2.05) is 20.8 Å². The Bertz CT molecular complexity index is 560. The van der Waals surface area contributed by atoms with E-state index in [-0.39, 0.29) is 12.0 Å². The predicted octanol–water partition coefficient (Wildman–Crippen LogP) is 4.80. The Kier molecular flexibility index (Phi) is 9.63. The van der Waals surface area contributed by atoms with Gasteiger partial charge in [-0.15, -0.1) is 0 Å². The molecule has 1 fully saturated rings. The third kappa shape index (κ3) is 11.2. The van der Waals surface area contributed by atoms with Crippen molar-refractivity contribution in [1.82, 2.24) is 4.90 Å². The van der Waals surface area contributed by atoms with E-state index in [9.17, 15) is 19.5 Å². The first-order valence-electron chi connectivity index (χ1n) is 10.1. The Morgan fingerprint density at radius 3 is 1.47 bits per heavy atom. The Morgan fingerprint density at radius 1 is 0.867 bits per heavy atom. The number of nitrogens with zero attached hydrogens (tertiary/aromatic N) is 1. The average molecular weight is 434 g/mol. The number of hydrogen-bond acceptors (Lipinski definition) is 7. The quantitative estimate of drug-likeness (QED) is 0.480. The summed E-state index contributed by atoms with van der Waals surface area (Å²) in [5.74, 6) is 0. The number of carboxylic acid groups (broad SMARTS) is 1. The Morgan fingerprint density at radius 2 is 1.27 bits per heavy atom. The molecule has 176 valence electrons. The van der Waals surface area contributed by atoms with Crippen molar-refractivity contribution in [2.75, 3.05) is 13.2 Å². The van der Waals surface area contributed by atoms with Gasteiger partial charge in [-0.3, -0.25) is 0 Å². The topological polar surface area (TPSA) is 123 Å². The van der Waals surface area contributed by atoms with E-state index in [4.69, 9.17) is 14.6 Å². The smallest absolute Gasteiger partial charge is 0.465 e. The summed E-state index contributed by atoms with van der Waals surface area (Å²) in [5, 5.41) is 18.4. The van der Waals surface area contributed by atoms with Crippen LogP contribution < -0.4 is 0 Å². The minimum Gasteiger partial charge on any atom is -0.465 e. The summed E-state index contributed by atoms with van der Waals surface area (Å²) in [4.78, 5) is 34.6. The molecule has 0 unspecified atom stereocenters. The molecular formula is C21H39NO8. The number of ether oxygens (including phenoxy) is 3. The summed E-state index contributed by atoms with van der Waals surface area (Å²) in [5.41, 5.74) is -1.96. The lowest BCUT2D eigenvalue weighted by Gasteiger charge is -2.46. The van der Waals surface area contributed by atoms with Crippen LogP contribution in [-0.2, 0) is 14.2 Å². The van der Waals surface area contributed by atoms with E-state index < -0.39 is 35.1 Å². The summed E-state index contributed by atoms with van der Waals surface area (Å²) >= 11 is 0. The number of carbonyl (C=O) groups excluding carboxylic acids is 2. The lowest BCUT2D eigenvalue weighted by Crippen LogP contribution is -2.53. The van der Waals surface area contributed by atoms with E-state index in [1.165, 1.54) is 4.90 Å². The van der Waals surface area contributed by atoms with Crippen molar-refractivity contribution in [2.24, 2.45) is 5.41 Å². The highest BCUT2D eigenvalue weighted by Gasteiger charge is 2.41. The van der Waals surface area contributed by atoms with Crippen molar-refractivity contribution in [1.29, 1.82) is 0 Å². The van der Waals surface area contributed by atoms with Crippen LogP contribution in [0.15, 0.2) is 0 Å². The van der Waals surface area contributed by atoms with Gasteiger partial charge in [0, 0.05) is 17.5 Å². The average Bonchev–Trinajstić information content (AvgIpc) is 2.40. The number of rotatable bonds is 3. The molecule has 0 saturated heterocycles. The van der Waals surface area contributed by atoms with Gasteiger partial charge in [0.1, 0.15) is 11.2 Å². The zero-order valence-corrected chi connectivity index (χ0v) is 19.8. The molecule has 0 atom stereocenters. The van der Waals surface area contributed by atoms with E-state index in [0.29, 0.717) is 6.54 Å². The van der Waals surface area contributed by atoms with Gasteiger partial charge in [0.15, 0.2) is 0 Å². The number of aliphatic hydroxyl groups is 1. The molecule has 9 heteroatoms. The molecule has 0 heterocycles. The molecule has 0 aromatic heterocycles. The van der Waals surface area contributed by atoms with Crippen LogP contribution in [0.3, 0.4) is 0 Å². The molecule has 2 N–H and O–H groups in total. The fourth-order valence-electron chi connectivity index (χ4n) is 2.58. The zero-order valence-electron chi connectivity index (χ0n) is 19.8. The van der Waals surface area contributed by atoms with Crippen LogP contribution >= 0.6 is 0 Å². The van der Waals surface area contributed by atoms with E-state index in [2.05, 4.69) is 4.74 Å².